The van der Waals surface area contributed by atoms with Crippen LogP contribution in [0.1, 0.15) is 22.6 Å². The van der Waals surface area contributed by atoms with Gasteiger partial charge in [-0.05, 0) is 49.2 Å². The highest BCUT2D eigenvalue weighted by molar-refractivity contribution is 7.98. The van der Waals surface area contributed by atoms with Gasteiger partial charge in [0.1, 0.15) is 17.3 Å². The number of phenolic OH excluding ortho intramolecular Hbond substituents is 1. The van der Waals surface area contributed by atoms with E-state index in [0.717, 1.165) is 16.8 Å². The van der Waals surface area contributed by atoms with Gasteiger partial charge in [-0.25, -0.2) is 0 Å². The fourth-order valence-corrected chi connectivity index (χ4v) is 2.36. The number of nitrogens with one attached hydrogen (secondary N) is 1. The Morgan fingerprint density at radius 1 is 1.19 bits per heavy atom. The predicted octanol–water partition coefficient (Wildman–Crippen LogP) is 4.67. The van der Waals surface area contributed by atoms with Crippen molar-refractivity contribution in [3.63, 3.8) is 0 Å². The topological polar surface area (TPSA) is 45.4 Å². The SMILES string of the molecule is Cc1cc(NCc2ccc(CSC(F)F)o2)c(C)cc1O. The van der Waals surface area contributed by atoms with Gasteiger partial charge in [0.25, 0.3) is 5.76 Å². The summed E-state index contributed by atoms with van der Waals surface area (Å²) < 4.78 is 29.7. The molecule has 0 radical (unpaired) electrons. The lowest BCUT2D eigenvalue weighted by atomic mass is 10.1. The zero-order valence-electron chi connectivity index (χ0n) is 11.8. The molecule has 0 fully saturated rings. The Hall–Kier alpha value is -1.69. The molecule has 2 aromatic rings. The van der Waals surface area contributed by atoms with Crippen molar-refractivity contribution in [3.05, 3.63) is 46.9 Å². The molecule has 0 saturated carbocycles. The number of anilines is 1. The Morgan fingerprint density at radius 2 is 1.90 bits per heavy atom. The van der Waals surface area contributed by atoms with Gasteiger partial charge in [-0.2, -0.15) is 8.78 Å². The predicted molar refractivity (Wildman–Crippen MR) is 80.9 cm³/mol. The minimum atomic E-state index is -2.39. The molecule has 114 valence electrons. The first-order valence-corrected chi connectivity index (χ1v) is 7.52. The summed E-state index contributed by atoms with van der Waals surface area (Å²) in [5.74, 6) is -0.739. The average molecular weight is 313 g/mol. The summed E-state index contributed by atoms with van der Waals surface area (Å²) in [5, 5.41) is 12.8. The number of hydrogen-bond donors (Lipinski definition) is 2. The van der Waals surface area contributed by atoms with Gasteiger partial charge in [0, 0.05) is 5.69 Å². The molecule has 0 spiro atoms. The Bertz CT molecular complexity index is 614. The van der Waals surface area contributed by atoms with Gasteiger partial charge in [0.05, 0.1) is 12.3 Å². The standard InChI is InChI=1S/C15H17F2NO2S/c1-9-6-14(19)10(2)5-13(9)18-7-11-3-4-12(20-11)8-21-15(16)17/h3-6,15,18-19H,7-8H2,1-2H3. The summed E-state index contributed by atoms with van der Waals surface area (Å²) >= 11 is 0.543. The quantitative estimate of drug-likeness (QED) is 0.761. The molecule has 3 nitrogen and oxygen atoms in total. The highest BCUT2D eigenvalue weighted by Crippen LogP contribution is 2.26. The number of aryl methyl sites for hydroxylation is 2. The van der Waals surface area contributed by atoms with E-state index in [-0.39, 0.29) is 11.5 Å². The van der Waals surface area contributed by atoms with Crippen LogP contribution in [0.25, 0.3) is 0 Å². The van der Waals surface area contributed by atoms with Gasteiger partial charge < -0.3 is 14.8 Å². The van der Waals surface area contributed by atoms with Crippen molar-refractivity contribution < 1.29 is 18.3 Å². The second-order valence-electron chi connectivity index (χ2n) is 4.75. The molecule has 0 aliphatic rings. The first kappa shape index (κ1) is 15.7. The molecule has 0 bridgehead atoms. The lowest BCUT2D eigenvalue weighted by Crippen LogP contribution is -2.00. The van der Waals surface area contributed by atoms with E-state index >= 15 is 0 Å². The third kappa shape index (κ3) is 4.39. The second kappa shape index (κ2) is 6.85. The van der Waals surface area contributed by atoms with Gasteiger partial charge >= 0.3 is 0 Å². The summed E-state index contributed by atoms with van der Waals surface area (Å²) in [6.07, 6.45) is 0. The van der Waals surface area contributed by atoms with Crippen molar-refractivity contribution in [2.24, 2.45) is 0 Å². The average Bonchev–Trinajstić information content (AvgIpc) is 2.87. The van der Waals surface area contributed by atoms with Gasteiger partial charge in [0.2, 0.25) is 0 Å². The molecule has 21 heavy (non-hydrogen) atoms. The van der Waals surface area contributed by atoms with Crippen LogP contribution in [0.5, 0.6) is 5.75 Å². The maximum atomic E-state index is 12.1. The van der Waals surface area contributed by atoms with Gasteiger partial charge in [0.15, 0.2) is 0 Å². The Kier molecular flexibility index (Phi) is 5.12. The molecule has 0 atom stereocenters. The molecule has 2 rings (SSSR count). The maximum absolute atomic E-state index is 12.1. The zero-order chi connectivity index (χ0) is 15.4. The number of furan rings is 1. The molecule has 1 heterocycles. The van der Waals surface area contributed by atoms with Crippen molar-refractivity contribution in [1.82, 2.24) is 0 Å². The minimum Gasteiger partial charge on any atom is -0.508 e. The molecular weight excluding hydrogens is 296 g/mol. The number of aromatic hydroxyl groups is 1. The molecule has 1 aromatic heterocycles. The summed E-state index contributed by atoms with van der Waals surface area (Å²) in [7, 11) is 0. The number of benzene rings is 1. The summed E-state index contributed by atoms with van der Waals surface area (Å²) in [4.78, 5) is 0. The van der Waals surface area contributed by atoms with E-state index in [1.807, 2.05) is 19.9 Å². The second-order valence-corrected chi connectivity index (χ2v) is 5.73. The van der Waals surface area contributed by atoms with E-state index in [0.29, 0.717) is 29.8 Å². The van der Waals surface area contributed by atoms with Crippen LogP contribution < -0.4 is 5.32 Å². The number of thioether (sulfide) groups is 1. The van der Waals surface area contributed by atoms with Crippen molar-refractivity contribution in [3.8, 4) is 5.75 Å². The van der Waals surface area contributed by atoms with Crippen LogP contribution in [0, 0.1) is 13.8 Å². The smallest absolute Gasteiger partial charge is 0.284 e. The molecule has 0 saturated heterocycles. The zero-order valence-corrected chi connectivity index (χ0v) is 12.6. The van der Waals surface area contributed by atoms with Crippen molar-refractivity contribution in [1.29, 1.82) is 0 Å². The van der Waals surface area contributed by atoms with E-state index in [2.05, 4.69) is 5.32 Å². The number of rotatable bonds is 6. The number of halogens is 2. The first-order valence-electron chi connectivity index (χ1n) is 6.47. The molecule has 1 aromatic carbocycles. The fourth-order valence-electron chi connectivity index (χ4n) is 1.91. The van der Waals surface area contributed by atoms with Crippen LogP contribution in [-0.4, -0.2) is 10.9 Å². The highest BCUT2D eigenvalue weighted by Gasteiger charge is 2.08. The van der Waals surface area contributed by atoms with E-state index in [1.54, 1.807) is 18.2 Å². The molecule has 6 heteroatoms. The van der Waals surface area contributed by atoms with Crippen LogP contribution in [-0.2, 0) is 12.3 Å². The van der Waals surface area contributed by atoms with E-state index in [9.17, 15) is 13.9 Å². The van der Waals surface area contributed by atoms with Crippen LogP contribution in [0.3, 0.4) is 0 Å². The van der Waals surface area contributed by atoms with Gasteiger partial charge in [-0.1, -0.05) is 11.8 Å². The first-order chi connectivity index (χ1) is 9.95. The Labute approximate surface area is 126 Å². The molecule has 0 aliphatic heterocycles. The summed E-state index contributed by atoms with van der Waals surface area (Å²) in [6.45, 7) is 4.19. The van der Waals surface area contributed by atoms with E-state index in [1.165, 1.54) is 0 Å². The number of phenols is 1. The van der Waals surface area contributed by atoms with E-state index in [4.69, 9.17) is 4.42 Å². The van der Waals surface area contributed by atoms with E-state index < -0.39 is 5.76 Å². The van der Waals surface area contributed by atoms with Crippen LogP contribution in [0.2, 0.25) is 0 Å². The molecule has 2 N–H and O–H groups in total. The van der Waals surface area contributed by atoms with Crippen molar-refractivity contribution in [2.75, 3.05) is 5.32 Å². The third-order valence-corrected chi connectivity index (χ3v) is 3.77. The Balaban J connectivity index is 1.96. The fraction of sp³-hybridized carbons (Fsp3) is 0.333. The molecule has 0 amide bonds. The normalized spacial score (nSPS) is 11.1. The lowest BCUT2D eigenvalue weighted by Gasteiger charge is -2.10. The molecule has 0 aliphatic carbocycles. The minimum absolute atomic E-state index is 0.162. The van der Waals surface area contributed by atoms with Crippen molar-refractivity contribution in [2.45, 2.75) is 31.9 Å². The van der Waals surface area contributed by atoms with Gasteiger partial charge in [-0.3, -0.25) is 0 Å². The highest BCUT2D eigenvalue weighted by atomic mass is 32.2. The van der Waals surface area contributed by atoms with Crippen molar-refractivity contribution >= 4 is 17.4 Å². The Morgan fingerprint density at radius 3 is 2.62 bits per heavy atom. The molecular formula is C15H17F2NO2S. The van der Waals surface area contributed by atoms with Crippen LogP contribution >= 0.6 is 11.8 Å². The molecule has 0 unspecified atom stereocenters. The van der Waals surface area contributed by atoms with Crippen LogP contribution in [0.4, 0.5) is 14.5 Å². The lowest BCUT2D eigenvalue weighted by molar-refractivity contribution is 0.251. The maximum Gasteiger partial charge on any atom is 0.284 e. The largest absolute Gasteiger partial charge is 0.508 e. The summed E-state index contributed by atoms with van der Waals surface area (Å²) in [6, 6.07) is 7.05. The van der Waals surface area contributed by atoms with Crippen LogP contribution in [0.15, 0.2) is 28.7 Å². The number of hydrogen-bond acceptors (Lipinski definition) is 4. The third-order valence-electron chi connectivity index (χ3n) is 3.06. The monoisotopic (exact) mass is 313 g/mol. The number of alkyl halides is 2. The summed E-state index contributed by atoms with van der Waals surface area (Å²) in [5.41, 5.74) is 2.62. The van der Waals surface area contributed by atoms with Gasteiger partial charge in [-0.15, -0.1) is 0 Å².